The molecule has 2 rings (SSSR count). The molecule has 0 aliphatic heterocycles. The molecule has 6 heteroatoms. The van der Waals surface area contributed by atoms with Crippen LogP contribution in [0.25, 0.3) is 11.4 Å². The predicted octanol–water partition coefficient (Wildman–Crippen LogP) is 1.36. The molecule has 0 aliphatic rings. The standard InChI is InChI=1S/C11H12N4OS/c1-7-2-4-8(5-3-7)10-13-11(15-14-10)17-6-9(12)16/h2-5H,6H2,1H3,(H2,12,16)(H,13,14,15). The first-order valence-corrected chi connectivity index (χ1v) is 6.04. The Kier molecular flexibility index (Phi) is 3.43. The lowest BCUT2D eigenvalue weighted by Gasteiger charge is -1.95. The Morgan fingerprint density at radius 2 is 2.12 bits per heavy atom. The van der Waals surface area contributed by atoms with Crippen LogP contribution in [0.15, 0.2) is 29.4 Å². The van der Waals surface area contributed by atoms with Crippen LogP contribution in [0.5, 0.6) is 0 Å². The van der Waals surface area contributed by atoms with Gasteiger partial charge in [-0.05, 0) is 6.92 Å². The van der Waals surface area contributed by atoms with Crippen molar-refractivity contribution in [1.29, 1.82) is 0 Å². The van der Waals surface area contributed by atoms with Gasteiger partial charge in [0.1, 0.15) is 0 Å². The van der Waals surface area contributed by atoms with Gasteiger partial charge in [-0.3, -0.25) is 9.89 Å². The SMILES string of the molecule is Cc1ccc(-c2nc(SCC(N)=O)n[nH]2)cc1. The summed E-state index contributed by atoms with van der Waals surface area (Å²) in [6.45, 7) is 2.03. The van der Waals surface area contributed by atoms with Crippen molar-refractivity contribution < 1.29 is 4.79 Å². The third-order valence-corrected chi connectivity index (χ3v) is 3.00. The van der Waals surface area contributed by atoms with Gasteiger partial charge in [0.15, 0.2) is 5.82 Å². The van der Waals surface area contributed by atoms with E-state index in [0.717, 1.165) is 5.56 Å². The molecule has 17 heavy (non-hydrogen) atoms. The van der Waals surface area contributed by atoms with Gasteiger partial charge in [0.2, 0.25) is 11.1 Å². The molecule has 0 fully saturated rings. The van der Waals surface area contributed by atoms with E-state index in [9.17, 15) is 4.79 Å². The normalized spacial score (nSPS) is 10.4. The molecule has 1 aromatic carbocycles. The first-order valence-electron chi connectivity index (χ1n) is 5.05. The van der Waals surface area contributed by atoms with Crippen LogP contribution in [0.3, 0.4) is 0 Å². The number of nitrogens with zero attached hydrogens (tertiary/aromatic N) is 2. The van der Waals surface area contributed by atoms with Crippen molar-refractivity contribution in [2.24, 2.45) is 5.73 Å². The number of amides is 1. The molecule has 88 valence electrons. The van der Waals surface area contributed by atoms with Crippen LogP contribution in [-0.4, -0.2) is 26.8 Å². The monoisotopic (exact) mass is 248 g/mol. The zero-order valence-corrected chi connectivity index (χ0v) is 10.1. The van der Waals surface area contributed by atoms with Crippen LogP contribution in [0.2, 0.25) is 0 Å². The fraction of sp³-hybridized carbons (Fsp3) is 0.182. The third kappa shape index (κ3) is 3.07. The van der Waals surface area contributed by atoms with Crippen LogP contribution in [0.4, 0.5) is 0 Å². The van der Waals surface area contributed by atoms with E-state index in [-0.39, 0.29) is 11.7 Å². The number of carbonyl (C=O) groups is 1. The molecular weight excluding hydrogens is 236 g/mol. The van der Waals surface area contributed by atoms with Gasteiger partial charge in [-0.25, -0.2) is 4.98 Å². The fourth-order valence-electron chi connectivity index (χ4n) is 1.29. The molecular formula is C11H12N4OS. The predicted molar refractivity (Wildman–Crippen MR) is 66.5 cm³/mol. The van der Waals surface area contributed by atoms with E-state index in [1.165, 1.54) is 17.3 Å². The van der Waals surface area contributed by atoms with E-state index in [1.807, 2.05) is 31.2 Å². The number of rotatable bonds is 4. The first kappa shape index (κ1) is 11.7. The molecule has 1 aromatic heterocycles. The number of nitrogens with one attached hydrogen (secondary N) is 1. The lowest BCUT2D eigenvalue weighted by atomic mass is 10.1. The zero-order valence-electron chi connectivity index (χ0n) is 9.30. The number of hydrogen-bond acceptors (Lipinski definition) is 4. The maximum atomic E-state index is 10.6. The van der Waals surface area contributed by atoms with Crippen LogP contribution in [0, 0.1) is 6.92 Å². The van der Waals surface area contributed by atoms with Gasteiger partial charge in [-0.15, -0.1) is 5.10 Å². The van der Waals surface area contributed by atoms with Crippen LogP contribution >= 0.6 is 11.8 Å². The van der Waals surface area contributed by atoms with E-state index < -0.39 is 0 Å². The molecule has 0 saturated carbocycles. The topological polar surface area (TPSA) is 84.7 Å². The van der Waals surface area contributed by atoms with Crippen molar-refractivity contribution in [2.75, 3.05) is 5.75 Å². The summed E-state index contributed by atoms with van der Waals surface area (Å²) in [5.74, 6) is 0.499. The number of carbonyl (C=O) groups excluding carboxylic acids is 1. The number of H-pyrrole nitrogens is 1. The number of benzene rings is 1. The summed E-state index contributed by atoms with van der Waals surface area (Å²) < 4.78 is 0. The molecule has 1 heterocycles. The highest BCUT2D eigenvalue weighted by Gasteiger charge is 2.06. The molecule has 1 amide bonds. The van der Waals surface area contributed by atoms with Gasteiger partial charge in [0, 0.05) is 5.56 Å². The molecule has 0 bridgehead atoms. The Balaban J connectivity index is 2.12. The highest BCUT2D eigenvalue weighted by atomic mass is 32.2. The Bertz CT molecular complexity index is 521. The second kappa shape index (κ2) is 5.01. The summed E-state index contributed by atoms with van der Waals surface area (Å²) in [6, 6.07) is 7.96. The van der Waals surface area contributed by atoms with Gasteiger partial charge in [0.05, 0.1) is 5.75 Å². The molecule has 0 spiro atoms. The van der Waals surface area contributed by atoms with Crippen molar-refractivity contribution >= 4 is 17.7 Å². The van der Waals surface area contributed by atoms with Gasteiger partial charge >= 0.3 is 0 Å². The minimum Gasteiger partial charge on any atom is -0.369 e. The number of aromatic amines is 1. The Morgan fingerprint density at radius 3 is 2.76 bits per heavy atom. The highest BCUT2D eigenvalue weighted by Crippen LogP contribution is 2.19. The summed E-state index contributed by atoms with van der Waals surface area (Å²) in [5, 5.41) is 7.36. The maximum Gasteiger partial charge on any atom is 0.227 e. The minimum absolute atomic E-state index is 0.186. The van der Waals surface area contributed by atoms with Crippen molar-refractivity contribution in [3.63, 3.8) is 0 Å². The van der Waals surface area contributed by atoms with Crippen molar-refractivity contribution in [2.45, 2.75) is 12.1 Å². The van der Waals surface area contributed by atoms with Crippen molar-refractivity contribution in [3.8, 4) is 11.4 Å². The minimum atomic E-state index is -0.378. The van der Waals surface area contributed by atoms with Crippen LogP contribution in [0.1, 0.15) is 5.56 Å². The van der Waals surface area contributed by atoms with Crippen LogP contribution in [-0.2, 0) is 4.79 Å². The van der Waals surface area contributed by atoms with E-state index >= 15 is 0 Å². The average Bonchev–Trinajstić information content (AvgIpc) is 2.76. The highest BCUT2D eigenvalue weighted by molar-refractivity contribution is 7.99. The van der Waals surface area contributed by atoms with Gasteiger partial charge < -0.3 is 5.73 Å². The van der Waals surface area contributed by atoms with Gasteiger partial charge in [-0.2, -0.15) is 0 Å². The van der Waals surface area contributed by atoms with E-state index in [1.54, 1.807) is 0 Å². The van der Waals surface area contributed by atoms with Gasteiger partial charge in [-0.1, -0.05) is 41.6 Å². The van der Waals surface area contributed by atoms with E-state index in [2.05, 4.69) is 15.2 Å². The smallest absolute Gasteiger partial charge is 0.227 e. The Hall–Kier alpha value is -1.82. The largest absolute Gasteiger partial charge is 0.369 e. The van der Waals surface area contributed by atoms with Crippen LogP contribution < -0.4 is 5.73 Å². The number of aromatic nitrogens is 3. The van der Waals surface area contributed by atoms with E-state index in [0.29, 0.717) is 11.0 Å². The number of aryl methyl sites for hydroxylation is 1. The lowest BCUT2D eigenvalue weighted by Crippen LogP contribution is -2.13. The summed E-state index contributed by atoms with van der Waals surface area (Å²) in [7, 11) is 0. The summed E-state index contributed by atoms with van der Waals surface area (Å²) >= 11 is 1.22. The first-order chi connectivity index (χ1) is 8.15. The number of primary amides is 1. The molecule has 0 atom stereocenters. The second-order valence-corrected chi connectivity index (χ2v) is 4.53. The molecule has 0 saturated heterocycles. The molecule has 5 nitrogen and oxygen atoms in total. The molecule has 0 unspecified atom stereocenters. The van der Waals surface area contributed by atoms with Gasteiger partial charge in [0.25, 0.3) is 0 Å². The third-order valence-electron chi connectivity index (χ3n) is 2.13. The molecule has 3 N–H and O–H groups in total. The fourth-order valence-corrected chi connectivity index (χ4v) is 1.82. The molecule has 0 aliphatic carbocycles. The quantitative estimate of drug-likeness (QED) is 0.800. The Morgan fingerprint density at radius 1 is 1.41 bits per heavy atom. The number of hydrogen-bond donors (Lipinski definition) is 2. The number of nitrogens with two attached hydrogens (primary N) is 1. The van der Waals surface area contributed by atoms with E-state index in [4.69, 9.17) is 5.73 Å². The zero-order chi connectivity index (χ0) is 12.3. The second-order valence-electron chi connectivity index (χ2n) is 3.59. The summed E-state index contributed by atoms with van der Waals surface area (Å²) in [5.41, 5.74) is 7.21. The lowest BCUT2D eigenvalue weighted by molar-refractivity contribution is -0.115. The molecule has 0 radical (unpaired) electrons. The maximum absolute atomic E-state index is 10.6. The Labute approximate surface area is 103 Å². The summed E-state index contributed by atoms with van der Waals surface area (Å²) in [4.78, 5) is 14.9. The molecule has 2 aromatic rings. The van der Waals surface area contributed by atoms with Crippen molar-refractivity contribution in [3.05, 3.63) is 29.8 Å². The average molecular weight is 248 g/mol. The summed E-state index contributed by atoms with van der Waals surface area (Å²) in [6.07, 6.45) is 0. The van der Waals surface area contributed by atoms with Crippen molar-refractivity contribution in [1.82, 2.24) is 15.2 Å². The number of thioether (sulfide) groups is 1.